The number of piperazine rings is 1. The number of amides is 2. The summed E-state index contributed by atoms with van der Waals surface area (Å²) in [6.45, 7) is 6.53. The van der Waals surface area contributed by atoms with Gasteiger partial charge in [-0.3, -0.25) is 14.5 Å². The molecule has 0 saturated carbocycles. The van der Waals surface area contributed by atoms with Gasteiger partial charge in [0, 0.05) is 70.3 Å². The Bertz CT molecular complexity index is 2010. The number of alkyl halides is 3. The highest BCUT2D eigenvalue weighted by Gasteiger charge is 2.34. The molecule has 10 nitrogen and oxygen atoms in total. The normalized spacial score (nSPS) is 15.2. The van der Waals surface area contributed by atoms with Gasteiger partial charge in [0.05, 0.1) is 34.4 Å². The predicted octanol–water partition coefficient (Wildman–Crippen LogP) is 4.23. The first-order valence-electron chi connectivity index (χ1n) is 16.2. The molecule has 2 amide bonds. The summed E-state index contributed by atoms with van der Waals surface area (Å²) in [5.41, 5.74) is 7.83. The van der Waals surface area contributed by atoms with Gasteiger partial charge in [-0.15, -0.1) is 0 Å². The average Bonchev–Trinajstić information content (AvgIpc) is 3.43. The van der Waals surface area contributed by atoms with Gasteiger partial charge in [-0.1, -0.05) is 37.0 Å². The van der Waals surface area contributed by atoms with E-state index >= 15 is 4.39 Å². The van der Waals surface area contributed by atoms with Crippen LogP contribution in [0.4, 0.5) is 29.2 Å². The van der Waals surface area contributed by atoms with Gasteiger partial charge in [-0.2, -0.15) is 13.2 Å². The van der Waals surface area contributed by atoms with Crippen LogP contribution in [-0.4, -0.2) is 75.4 Å². The molecule has 0 bridgehead atoms. The molecule has 14 heteroatoms. The number of carbonyl (C=O) groups is 2. The number of likely N-dealkylation sites (N-methyl/N-ethyl adjacent to an activating group) is 1. The second kappa shape index (κ2) is 14.3. The highest BCUT2D eigenvalue weighted by atomic mass is 19.4. The number of benzene rings is 2. The van der Waals surface area contributed by atoms with Crippen LogP contribution in [0.15, 0.2) is 48.7 Å². The first-order chi connectivity index (χ1) is 23.9. The molecule has 0 unspecified atom stereocenters. The largest absolute Gasteiger partial charge is 0.416 e. The van der Waals surface area contributed by atoms with Crippen LogP contribution in [0.25, 0.3) is 11.4 Å². The van der Waals surface area contributed by atoms with Crippen molar-refractivity contribution >= 4 is 23.5 Å². The average molecular weight is 689 g/mol. The Hall–Kier alpha value is -5.26. The number of hydrogen-bond donors (Lipinski definition) is 3. The van der Waals surface area contributed by atoms with Gasteiger partial charge in [-0.25, -0.2) is 14.4 Å². The molecule has 0 aliphatic carbocycles. The van der Waals surface area contributed by atoms with Crippen molar-refractivity contribution in [2.45, 2.75) is 32.5 Å². The van der Waals surface area contributed by atoms with Gasteiger partial charge < -0.3 is 25.8 Å². The molecular weight excluding hydrogens is 652 g/mol. The Balaban J connectivity index is 1.19. The lowest BCUT2D eigenvalue weighted by Crippen LogP contribution is -2.45. The Morgan fingerprint density at radius 3 is 2.50 bits per heavy atom. The minimum atomic E-state index is -4.62. The van der Waals surface area contributed by atoms with Crippen molar-refractivity contribution in [2.24, 2.45) is 7.05 Å². The summed E-state index contributed by atoms with van der Waals surface area (Å²) >= 11 is 0. The van der Waals surface area contributed by atoms with E-state index in [-0.39, 0.29) is 40.8 Å². The van der Waals surface area contributed by atoms with Gasteiger partial charge in [0.25, 0.3) is 5.91 Å². The highest BCUT2D eigenvalue weighted by molar-refractivity contribution is 5.98. The minimum Gasteiger partial charge on any atom is -0.368 e. The fourth-order valence-electron chi connectivity index (χ4n) is 6.33. The second-order valence-electron chi connectivity index (χ2n) is 12.3. The first kappa shape index (κ1) is 34.6. The number of hydrogen-bond acceptors (Lipinski definition) is 7. The Morgan fingerprint density at radius 2 is 1.78 bits per heavy atom. The molecule has 4 aromatic rings. The van der Waals surface area contributed by atoms with Crippen LogP contribution in [0.5, 0.6) is 0 Å². The molecule has 2 aliphatic rings. The summed E-state index contributed by atoms with van der Waals surface area (Å²) in [5.74, 6) is 4.06. The zero-order chi connectivity index (χ0) is 35.6. The minimum absolute atomic E-state index is 0.00387. The molecule has 0 atom stereocenters. The second-order valence-corrected chi connectivity index (χ2v) is 12.3. The summed E-state index contributed by atoms with van der Waals surface area (Å²) in [6.07, 6.45) is -3.00. The van der Waals surface area contributed by atoms with Crippen molar-refractivity contribution in [1.29, 1.82) is 0 Å². The Labute approximate surface area is 286 Å². The SMILES string of the molecule is CCN1CCN(Cc2ccc(NC(=O)Cc3cccc(C#Cc4cnc(N)nc4-c4cc5c(n4C)CCNC5=O)c3F)cc2C(F)(F)F)CC1. The molecule has 0 radical (unpaired) electrons. The fraction of sp³-hybridized carbons (Fsp3) is 0.333. The van der Waals surface area contributed by atoms with Crippen LogP contribution in [-0.2, 0) is 37.4 Å². The number of fused-ring (bicyclic) bond motifs is 1. The van der Waals surface area contributed by atoms with Crippen LogP contribution >= 0.6 is 0 Å². The third-order valence-electron chi connectivity index (χ3n) is 9.07. The fourth-order valence-corrected chi connectivity index (χ4v) is 6.33. The van der Waals surface area contributed by atoms with E-state index in [4.69, 9.17) is 5.73 Å². The summed E-state index contributed by atoms with van der Waals surface area (Å²) in [6, 6.07) is 9.85. The molecule has 4 heterocycles. The number of nitrogens with zero attached hydrogens (tertiary/aromatic N) is 5. The molecule has 2 aliphatic heterocycles. The van der Waals surface area contributed by atoms with Crippen molar-refractivity contribution in [1.82, 2.24) is 29.7 Å². The first-order valence-corrected chi connectivity index (χ1v) is 16.2. The summed E-state index contributed by atoms with van der Waals surface area (Å²) in [5, 5.41) is 5.30. The maximum atomic E-state index is 15.6. The number of nitrogens with one attached hydrogen (secondary N) is 2. The van der Waals surface area contributed by atoms with E-state index in [1.54, 1.807) is 6.07 Å². The van der Waals surface area contributed by atoms with Crippen LogP contribution in [0.3, 0.4) is 0 Å². The number of halogens is 4. The molecule has 6 rings (SSSR count). The van der Waals surface area contributed by atoms with Crippen molar-refractivity contribution in [3.63, 3.8) is 0 Å². The van der Waals surface area contributed by atoms with Crippen LogP contribution < -0.4 is 16.4 Å². The summed E-state index contributed by atoms with van der Waals surface area (Å²) in [7, 11) is 1.81. The van der Waals surface area contributed by atoms with Crippen molar-refractivity contribution in [3.05, 3.63) is 93.6 Å². The number of nitrogens with two attached hydrogens (primary N) is 1. The van der Waals surface area contributed by atoms with E-state index in [0.717, 1.165) is 31.4 Å². The highest BCUT2D eigenvalue weighted by Crippen LogP contribution is 2.35. The zero-order valence-corrected chi connectivity index (χ0v) is 27.6. The van der Waals surface area contributed by atoms with Crippen LogP contribution in [0, 0.1) is 17.7 Å². The molecule has 0 spiro atoms. The Morgan fingerprint density at radius 1 is 1.04 bits per heavy atom. The van der Waals surface area contributed by atoms with E-state index < -0.39 is 29.9 Å². The van der Waals surface area contributed by atoms with E-state index in [2.05, 4.69) is 44.3 Å². The van der Waals surface area contributed by atoms with Crippen LogP contribution in [0.2, 0.25) is 0 Å². The topological polar surface area (TPSA) is 121 Å². The summed E-state index contributed by atoms with van der Waals surface area (Å²) in [4.78, 5) is 38.0. The van der Waals surface area contributed by atoms with Gasteiger partial charge in [0.15, 0.2) is 0 Å². The molecule has 1 fully saturated rings. The number of nitrogen functional groups attached to an aromatic ring is 1. The van der Waals surface area contributed by atoms with Crippen molar-refractivity contribution in [3.8, 4) is 23.2 Å². The van der Waals surface area contributed by atoms with Crippen molar-refractivity contribution < 1.29 is 27.2 Å². The lowest BCUT2D eigenvalue weighted by Gasteiger charge is -2.34. The lowest BCUT2D eigenvalue weighted by molar-refractivity contribution is -0.138. The van der Waals surface area contributed by atoms with E-state index in [1.165, 1.54) is 36.5 Å². The molecular formula is C36H36F4N8O2. The lowest BCUT2D eigenvalue weighted by atomic mass is 10.0. The number of aromatic nitrogens is 3. The van der Waals surface area contributed by atoms with E-state index in [9.17, 15) is 22.8 Å². The van der Waals surface area contributed by atoms with Gasteiger partial charge in [-0.05, 0) is 41.9 Å². The molecule has 260 valence electrons. The summed E-state index contributed by atoms with van der Waals surface area (Å²) < 4.78 is 59.7. The Kier molecular flexibility index (Phi) is 9.90. The zero-order valence-electron chi connectivity index (χ0n) is 27.6. The third kappa shape index (κ3) is 7.49. The molecule has 2 aromatic carbocycles. The molecule has 1 saturated heterocycles. The monoisotopic (exact) mass is 688 g/mol. The number of anilines is 2. The smallest absolute Gasteiger partial charge is 0.368 e. The molecule has 4 N–H and O–H groups in total. The quantitative estimate of drug-likeness (QED) is 0.196. The van der Waals surface area contributed by atoms with E-state index in [0.29, 0.717) is 48.6 Å². The molecule has 2 aromatic heterocycles. The van der Waals surface area contributed by atoms with Crippen LogP contribution in [0.1, 0.15) is 50.8 Å². The van der Waals surface area contributed by atoms with Gasteiger partial charge in [0.1, 0.15) is 11.5 Å². The number of rotatable bonds is 7. The molecule has 50 heavy (non-hydrogen) atoms. The third-order valence-corrected chi connectivity index (χ3v) is 9.07. The van der Waals surface area contributed by atoms with Gasteiger partial charge >= 0.3 is 6.18 Å². The maximum Gasteiger partial charge on any atom is 0.416 e. The predicted molar refractivity (Wildman–Crippen MR) is 180 cm³/mol. The standard InChI is InChI=1S/C36H36F4N8O2/c1-3-47-13-15-48(16-14-47)21-25-9-10-26(18-28(25)36(38,39)40)44-31(49)17-23-6-4-5-22(32(23)37)7-8-24-20-43-35(41)45-33(24)30-19-27-29(46(30)2)11-12-42-34(27)50/h4-6,9-10,18-20H,3,11-17,21H2,1-2H3,(H,42,50)(H,44,49)(H2,41,43,45). The van der Waals surface area contributed by atoms with E-state index in [1.807, 2.05) is 16.5 Å². The maximum absolute atomic E-state index is 15.6. The number of carbonyl (C=O) groups excluding carboxylic acids is 2. The van der Waals surface area contributed by atoms with Crippen molar-refractivity contribution in [2.75, 3.05) is 50.3 Å². The van der Waals surface area contributed by atoms with Gasteiger partial charge in [0.2, 0.25) is 11.9 Å².